The standard InChI is InChI=1S/C28H33N5O2/c29-30-20-21-8-10-23(11-9-21)31-16-18-32(19-17-31)24-12-14-33(15-13-24)27(28(34)35)26-7-3-5-22-4-1-2-6-25(22)26/h1-11,20,24,27H,12-19,29H2,(H,34,35). The number of hydrazone groups is 1. The summed E-state index contributed by atoms with van der Waals surface area (Å²) in [6.07, 6.45) is 3.66. The lowest BCUT2D eigenvalue weighted by Crippen LogP contribution is -2.54. The fourth-order valence-corrected chi connectivity index (χ4v) is 5.69. The van der Waals surface area contributed by atoms with Gasteiger partial charge in [0.2, 0.25) is 0 Å². The predicted octanol–water partition coefficient (Wildman–Crippen LogP) is 3.54. The van der Waals surface area contributed by atoms with E-state index in [1.54, 1.807) is 6.21 Å². The first-order valence-corrected chi connectivity index (χ1v) is 12.4. The molecule has 0 saturated carbocycles. The van der Waals surface area contributed by atoms with E-state index < -0.39 is 12.0 Å². The minimum absolute atomic E-state index is 0.513. The molecule has 7 heteroatoms. The average Bonchev–Trinajstić information content (AvgIpc) is 2.90. The van der Waals surface area contributed by atoms with E-state index in [0.717, 1.165) is 74.0 Å². The van der Waals surface area contributed by atoms with Crippen LogP contribution in [0.5, 0.6) is 0 Å². The Bertz CT molecular complexity index is 1170. The number of piperidine rings is 1. The van der Waals surface area contributed by atoms with Crippen LogP contribution in [0.1, 0.15) is 30.0 Å². The molecular formula is C28H33N5O2. The van der Waals surface area contributed by atoms with Crippen LogP contribution in [0.4, 0.5) is 5.69 Å². The molecule has 1 unspecified atom stereocenters. The monoisotopic (exact) mass is 471 g/mol. The zero-order valence-corrected chi connectivity index (χ0v) is 20.0. The molecule has 182 valence electrons. The van der Waals surface area contributed by atoms with Gasteiger partial charge >= 0.3 is 5.97 Å². The second kappa shape index (κ2) is 10.5. The summed E-state index contributed by atoms with van der Waals surface area (Å²) < 4.78 is 0. The number of nitrogens with two attached hydrogens (primary N) is 1. The zero-order chi connectivity index (χ0) is 24.2. The summed E-state index contributed by atoms with van der Waals surface area (Å²) in [5.74, 6) is 4.47. The minimum Gasteiger partial charge on any atom is -0.480 e. The number of hydrogen-bond donors (Lipinski definition) is 2. The zero-order valence-electron chi connectivity index (χ0n) is 20.0. The first kappa shape index (κ1) is 23.3. The van der Waals surface area contributed by atoms with Gasteiger partial charge in [-0.15, -0.1) is 0 Å². The maximum Gasteiger partial charge on any atom is 0.325 e. The van der Waals surface area contributed by atoms with Crippen molar-refractivity contribution in [2.75, 3.05) is 44.2 Å². The number of hydrogen-bond acceptors (Lipinski definition) is 6. The third-order valence-corrected chi connectivity index (χ3v) is 7.53. The molecule has 3 aromatic carbocycles. The van der Waals surface area contributed by atoms with Crippen LogP contribution in [-0.4, -0.2) is 72.4 Å². The van der Waals surface area contributed by atoms with Gasteiger partial charge in [-0.2, -0.15) is 5.10 Å². The first-order valence-electron chi connectivity index (χ1n) is 12.4. The second-order valence-corrected chi connectivity index (χ2v) is 9.47. The number of carbonyl (C=O) groups is 1. The van der Waals surface area contributed by atoms with Crippen LogP contribution in [-0.2, 0) is 4.79 Å². The summed E-state index contributed by atoms with van der Waals surface area (Å²) in [4.78, 5) is 19.6. The fourth-order valence-electron chi connectivity index (χ4n) is 5.69. The summed E-state index contributed by atoms with van der Waals surface area (Å²) in [5, 5.41) is 15.9. The van der Waals surface area contributed by atoms with Crippen molar-refractivity contribution in [1.82, 2.24) is 9.80 Å². The third-order valence-electron chi connectivity index (χ3n) is 7.53. The van der Waals surface area contributed by atoms with Crippen molar-refractivity contribution in [3.63, 3.8) is 0 Å². The maximum absolute atomic E-state index is 12.4. The SMILES string of the molecule is NN=Cc1ccc(N2CCN(C3CCN(C(C(=O)O)c4cccc5ccccc45)CC3)CC2)cc1. The Kier molecular flexibility index (Phi) is 6.97. The van der Waals surface area contributed by atoms with Crippen molar-refractivity contribution in [2.45, 2.75) is 24.9 Å². The number of likely N-dealkylation sites (tertiary alicyclic amines) is 1. The van der Waals surface area contributed by atoms with Crippen LogP contribution in [0.15, 0.2) is 71.8 Å². The first-order chi connectivity index (χ1) is 17.1. The number of piperazine rings is 1. The van der Waals surface area contributed by atoms with E-state index in [-0.39, 0.29) is 0 Å². The van der Waals surface area contributed by atoms with Gasteiger partial charge in [-0.25, -0.2) is 0 Å². The van der Waals surface area contributed by atoms with Crippen molar-refractivity contribution in [3.8, 4) is 0 Å². The number of nitrogens with zero attached hydrogens (tertiary/aromatic N) is 4. The Morgan fingerprint density at radius 1 is 0.914 bits per heavy atom. The Balaban J connectivity index is 1.20. The molecule has 0 bridgehead atoms. The van der Waals surface area contributed by atoms with Crippen LogP contribution in [0.25, 0.3) is 10.8 Å². The van der Waals surface area contributed by atoms with E-state index in [1.165, 1.54) is 5.69 Å². The number of carboxylic acids is 1. The number of rotatable bonds is 6. The molecule has 0 spiro atoms. The minimum atomic E-state index is -0.767. The summed E-state index contributed by atoms with van der Waals surface area (Å²) in [7, 11) is 0. The van der Waals surface area contributed by atoms with E-state index in [1.807, 2.05) is 54.6 Å². The maximum atomic E-state index is 12.4. The molecule has 3 N–H and O–H groups in total. The van der Waals surface area contributed by atoms with Gasteiger partial charge in [0.1, 0.15) is 6.04 Å². The molecular weight excluding hydrogens is 438 g/mol. The lowest BCUT2D eigenvalue weighted by atomic mass is 9.94. The van der Waals surface area contributed by atoms with Crippen molar-refractivity contribution in [3.05, 3.63) is 77.9 Å². The molecule has 0 radical (unpaired) electrons. The molecule has 2 fully saturated rings. The van der Waals surface area contributed by atoms with Gasteiger partial charge in [-0.3, -0.25) is 14.6 Å². The molecule has 0 amide bonds. The van der Waals surface area contributed by atoms with Gasteiger partial charge in [0.05, 0.1) is 6.21 Å². The topological polar surface area (TPSA) is 85.4 Å². The smallest absolute Gasteiger partial charge is 0.325 e. The molecule has 3 aromatic rings. The van der Waals surface area contributed by atoms with Crippen molar-refractivity contribution in [1.29, 1.82) is 0 Å². The molecule has 35 heavy (non-hydrogen) atoms. The van der Waals surface area contributed by atoms with Crippen LogP contribution in [0.3, 0.4) is 0 Å². The number of aliphatic carboxylic acids is 1. The number of anilines is 1. The second-order valence-electron chi connectivity index (χ2n) is 9.47. The van der Waals surface area contributed by atoms with E-state index in [2.05, 4.69) is 31.9 Å². The molecule has 2 heterocycles. The van der Waals surface area contributed by atoms with Gasteiger partial charge in [-0.05, 0) is 46.9 Å². The fraction of sp³-hybridized carbons (Fsp3) is 0.357. The summed E-state index contributed by atoms with van der Waals surface area (Å²) in [6, 6.07) is 22.3. The van der Waals surface area contributed by atoms with E-state index >= 15 is 0 Å². The van der Waals surface area contributed by atoms with E-state index in [4.69, 9.17) is 5.84 Å². The van der Waals surface area contributed by atoms with Crippen LogP contribution in [0.2, 0.25) is 0 Å². The molecule has 2 aliphatic heterocycles. The highest BCUT2D eigenvalue weighted by molar-refractivity contribution is 5.90. The van der Waals surface area contributed by atoms with Crippen molar-refractivity contribution < 1.29 is 9.90 Å². The third kappa shape index (κ3) is 5.01. The highest BCUT2D eigenvalue weighted by Gasteiger charge is 2.34. The Morgan fingerprint density at radius 3 is 2.29 bits per heavy atom. The molecule has 2 saturated heterocycles. The molecule has 0 aromatic heterocycles. The number of benzene rings is 3. The van der Waals surface area contributed by atoms with Gasteiger partial charge in [0.25, 0.3) is 0 Å². The quantitative estimate of drug-likeness (QED) is 0.325. The highest BCUT2D eigenvalue weighted by atomic mass is 16.4. The Morgan fingerprint density at radius 2 is 1.60 bits per heavy atom. The van der Waals surface area contributed by atoms with Gasteiger partial charge in [0, 0.05) is 51.0 Å². The Hall–Kier alpha value is -3.42. The van der Waals surface area contributed by atoms with Crippen LogP contribution < -0.4 is 10.7 Å². The number of carboxylic acid groups (broad SMARTS) is 1. The molecule has 0 aliphatic carbocycles. The number of fused-ring (bicyclic) bond motifs is 1. The largest absolute Gasteiger partial charge is 0.480 e. The van der Waals surface area contributed by atoms with Crippen molar-refractivity contribution in [2.24, 2.45) is 10.9 Å². The molecule has 5 rings (SSSR count). The predicted molar refractivity (Wildman–Crippen MR) is 141 cm³/mol. The average molecular weight is 472 g/mol. The van der Waals surface area contributed by atoms with E-state index in [9.17, 15) is 9.90 Å². The van der Waals surface area contributed by atoms with Crippen LogP contribution >= 0.6 is 0 Å². The van der Waals surface area contributed by atoms with Gasteiger partial charge in [0.15, 0.2) is 0 Å². The summed E-state index contributed by atoms with van der Waals surface area (Å²) in [5.41, 5.74) is 3.13. The van der Waals surface area contributed by atoms with Crippen LogP contribution in [0, 0.1) is 0 Å². The molecule has 7 nitrogen and oxygen atoms in total. The van der Waals surface area contributed by atoms with Gasteiger partial charge in [-0.1, -0.05) is 54.6 Å². The lowest BCUT2D eigenvalue weighted by molar-refractivity contribution is -0.144. The highest BCUT2D eigenvalue weighted by Crippen LogP contribution is 2.32. The molecule has 1 atom stereocenters. The van der Waals surface area contributed by atoms with Gasteiger partial charge < -0.3 is 15.8 Å². The normalized spacial score (nSPS) is 19.4. The van der Waals surface area contributed by atoms with Crippen molar-refractivity contribution >= 4 is 28.6 Å². The Labute approximate surface area is 206 Å². The summed E-state index contributed by atoms with van der Waals surface area (Å²) in [6.45, 7) is 5.66. The lowest BCUT2D eigenvalue weighted by Gasteiger charge is -2.44. The van der Waals surface area contributed by atoms with E-state index in [0.29, 0.717) is 6.04 Å². The molecule has 2 aliphatic rings. The summed E-state index contributed by atoms with van der Waals surface area (Å²) >= 11 is 0.